The van der Waals surface area contributed by atoms with E-state index in [-0.39, 0.29) is 0 Å². The van der Waals surface area contributed by atoms with Gasteiger partial charge in [0.05, 0.1) is 6.20 Å². The predicted octanol–water partition coefficient (Wildman–Crippen LogP) is 1.13. The van der Waals surface area contributed by atoms with Crippen LogP contribution in [0.25, 0.3) is 0 Å². The zero-order valence-electron chi connectivity index (χ0n) is 7.79. The fourth-order valence-corrected chi connectivity index (χ4v) is 1.29. The van der Waals surface area contributed by atoms with Crippen molar-refractivity contribution < 1.29 is 4.74 Å². The highest BCUT2D eigenvalue weighted by atomic mass is 16.5. The minimum absolute atomic E-state index is 0.542. The number of nitrogens with one attached hydrogen (secondary N) is 1. The van der Waals surface area contributed by atoms with Crippen LogP contribution in [0.2, 0.25) is 0 Å². The van der Waals surface area contributed by atoms with Gasteiger partial charge in [0.2, 0.25) is 0 Å². The number of pyridine rings is 1. The van der Waals surface area contributed by atoms with E-state index in [4.69, 9.17) is 4.74 Å². The number of hydrogen-bond donors (Lipinski definition) is 1. The van der Waals surface area contributed by atoms with Crippen molar-refractivity contribution in [1.82, 2.24) is 10.3 Å². The van der Waals surface area contributed by atoms with Crippen molar-refractivity contribution in [2.24, 2.45) is 0 Å². The molecule has 3 nitrogen and oxygen atoms in total. The van der Waals surface area contributed by atoms with E-state index in [1.54, 1.807) is 6.20 Å². The Labute approximate surface area is 78.1 Å². The summed E-state index contributed by atoms with van der Waals surface area (Å²) in [6, 6.07) is 2.55. The summed E-state index contributed by atoms with van der Waals surface area (Å²) in [6.45, 7) is 3.90. The summed E-state index contributed by atoms with van der Waals surface area (Å²) in [7, 11) is 0. The van der Waals surface area contributed by atoms with Gasteiger partial charge in [-0.15, -0.1) is 0 Å². The standard InChI is InChI=1S/C10H14N2O/c1-8-4-10(6-11-5-8)13-7-9-2-3-12-9/h4-6,9,12H,2-3,7H2,1H3/t9-/m0/s1. The van der Waals surface area contributed by atoms with Gasteiger partial charge in [0, 0.05) is 12.2 Å². The van der Waals surface area contributed by atoms with Crippen molar-refractivity contribution in [3.05, 3.63) is 24.0 Å². The molecular weight excluding hydrogens is 164 g/mol. The smallest absolute Gasteiger partial charge is 0.137 e. The fourth-order valence-electron chi connectivity index (χ4n) is 1.29. The summed E-state index contributed by atoms with van der Waals surface area (Å²) in [5.41, 5.74) is 1.14. The van der Waals surface area contributed by atoms with Gasteiger partial charge >= 0.3 is 0 Å². The van der Waals surface area contributed by atoms with Crippen LogP contribution in [0.15, 0.2) is 18.5 Å². The average Bonchev–Trinajstić information content (AvgIpc) is 2.01. The second-order valence-corrected chi connectivity index (χ2v) is 3.45. The monoisotopic (exact) mass is 178 g/mol. The second-order valence-electron chi connectivity index (χ2n) is 3.45. The SMILES string of the molecule is Cc1cncc(OC[C@@H]2CCN2)c1. The van der Waals surface area contributed by atoms with E-state index in [0.717, 1.165) is 24.5 Å². The topological polar surface area (TPSA) is 34.1 Å². The summed E-state index contributed by atoms with van der Waals surface area (Å²) in [5, 5.41) is 3.28. The first-order chi connectivity index (χ1) is 6.34. The molecule has 1 saturated heterocycles. The average molecular weight is 178 g/mol. The van der Waals surface area contributed by atoms with E-state index in [9.17, 15) is 0 Å². The van der Waals surface area contributed by atoms with Crippen molar-refractivity contribution in [3.8, 4) is 5.75 Å². The van der Waals surface area contributed by atoms with E-state index < -0.39 is 0 Å². The number of ether oxygens (including phenoxy) is 1. The highest BCUT2D eigenvalue weighted by Crippen LogP contribution is 2.12. The number of rotatable bonds is 3. The van der Waals surface area contributed by atoms with Gasteiger partial charge in [0.1, 0.15) is 12.4 Å². The van der Waals surface area contributed by atoms with Crippen LogP contribution in [0.4, 0.5) is 0 Å². The Morgan fingerprint density at radius 1 is 1.62 bits per heavy atom. The van der Waals surface area contributed by atoms with E-state index in [1.807, 2.05) is 19.2 Å². The highest BCUT2D eigenvalue weighted by molar-refractivity contribution is 5.22. The summed E-state index contributed by atoms with van der Waals surface area (Å²) in [5.74, 6) is 0.869. The zero-order chi connectivity index (χ0) is 9.10. The molecule has 2 rings (SSSR count). The second kappa shape index (κ2) is 3.75. The first-order valence-electron chi connectivity index (χ1n) is 4.62. The van der Waals surface area contributed by atoms with E-state index in [0.29, 0.717) is 6.04 Å². The van der Waals surface area contributed by atoms with E-state index in [1.165, 1.54) is 6.42 Å². The van der Waals surface area contributed by atoms with Gasteiger partial charge in [0.25, 0.3) is 0 Å². The summed E-state index contributed by atoms with van der Waals surface area (Å²) in [6.07, 6.45) is 4.80. The number of hydrogen-bond acceptors (Lipinski definition) is 3. The lowest BCUT2D eigenvalue weighted by molar-refractivity contribution is 0.217. The maximum atomic E-state index is 5.57. The minimum atomic E-state index is 0.542. The lowest BCUT2D eigenvalue weighted by Crippen LogP contribution is -2.46. The molecule has 1 N–H and O–H groups in total. The number of nitrogens with zero attached hydrogens (tertiary/aromatic N) is 1. The summed E-state index contributed by atoms with van der Waals surface area (Å²) >= 11 is 0. The van der Waals surface area contributed by atoms with E-state index in [2.05, 4.69) is 10.3 Å². The molecule has 0 unspecified atom stereocenters. The Kier molecular flexibility index (Phi) is 2.45. The zero-order valence-corrected chi connectivity index (χ0v) is 7.79. The van der Waals surface area contributed by atoms with Crippen LogP contribution in [0.5, 0.6) is 5.75 Å². The largest absolute Gasteiger partial charge is 0.490 e. The van der Waals surface area contributed by atoms with Gasteiger partial charge in [-0.1, -0.05) is 0 Å². The Hall–Kier alpha value is -1.09. The molecule has 1 aliphatic heterocycles. The van der Waals surface area contributed by atoms with Gasteiger partial charge in [0.15, 0.2) is 0 Å². The molecule has 1 atom stereocenters. The maximum absolute atomic E-state index is 5.57. The van der Waals surface area contributed by atoms with Crippen molar-refractivity contribution in [3.63, 3.8) is 0 Å². The molecule has 0 amide bonds. The molecule has 1 aromatic heterocycles. The van der Waals surface area contributed by atoms with Gasteiger partial charge in [-0.3, -0.25) is 4.98 Å². The molecule has 0 aromatic carbocycles. The van der Waals surface area contributed by atoms with Gasteiger partial charge in [-0.05, 0) is 31.5 Å². The first-order valence-corrected chi connectivity index (χ1v) is 4.62. The molecule has 13 heavy (non-hydrogen) atoms. The number of aromatic nitrogens is 1. The third-order valence-corrected chi connectivity index (χ3v) is 2.23. The van der Waals surface area contributed by atoms with Crippen molar-refractivity contribution in [2.75, 3.05) is 13.2 Å². The number of aryl methyl sites for hydroxylation is 1. The van der Waals surface area contributed by atoms with Crippen molar-refractivity contribution >= 4 is 0 Å². The normalized spacial score (nSPS) is 20.8. The molecule has 0 bridgehead atoms. The predicted molar refractivity (Wildman–Crippen MR) is 50.9 cm³/mol. The molecule has 0 aliphatic carbocycles. The van der Waals surface area contributed by atoms with E-state index >= 15 is 0 Å². The molecule has 0 radical (unpaired) electrons. The van der Waals surface area contributed by atoms with Crippen LogP contribution in [-0.4, -0.2) is 24.2 Å². The molecule has 3 heteroatoms. The molecule has 1 aliphatic rings. The van der Waals surface area contributed by atoms with Crippen molar-refractivity contribution in [2.45, 2.75) is 19.4 Å². The molecule has 0 saturated carbocycles. The van der Waals surface area contributed by atoms with Crippen LogP contribution >= 0.6 is 0 Å². The lowest BCUT2D eigenvalue weighted by atomic mass is 10.1. The Morgan fingerprint density at radius 3 is 3.08 bits per heavy atom. The molecular formula is C10H14N2O. The maximum Gasteiger partial charge on any atom is 0.137 e. The molecule has 70 valence electrons. The summed E-state index contributed by atoms with van der Waals surface area (Å²) < 4.78 is 5.57. The third-order valence-electron chi connectivity index (χ3n) is 2.23. The van der Waals surface area contributed by atoms with Crippen LogP contribution in [0.1, 0.15) is 12.0 Å². The Bertz CT molecular complexity index is 284. The molecule has 1 aromatic rings. The van der Waals surface area contributed by atoms with Gasteiger partial charge in [-0.2, -0.15) is 0 Å². The highest BCUT2D eigenvalue weighted by Gasteiger charge is 2.16. The van der Waals surface area contributed by atoms with Crippen LogP contribution in [0, 0.1) is 6.92 Å². The van der Waals surface area contributed by atoms with Gasteiger partial charge < -0.3 is 10.1 Å². The molecule has 1 fully saturated rings. The third kappa shape index (κ3) is 2.18. The Balaban J connectivity index is 1.86. The van der Waals surface area contributed by atoms with Crippen molar-refractivity contribution in [1.29, 1.82) is 0 Å². The van der Waals surface area contributed by atoms with Crippen LogP contribution in [-0.2, 0) is 0 Å². The Morgan fingerprint density at radius 2 is 2.46 bits per heavy atom. The lowest BCUT2D eigenvalue weighted by Gasteiger charge is -2.27. The quantitative estimate of drug-likeness (QED) is 0.753. The van der Waals surface area contributed by atoms with Crippen LogP contribution < -0.4 is 10.1 Å². The van der Waals surface area contributed by atoms with Crippen LogP contribution in [0.3, 0.4) is 0 Å². The molecule has 0 spiro atoms. The van der Waals surface area contributed by atoms with Gasteiger partial charge in [-0.25, -0.2) is 0 Å². The first kappa shape index (κ1) is 8.51. The molecule has 2 heterocycles. The fraction of sp³-hybridized carbons (Fsp3) is 0.500. The minimum Gasteiger partial charge on any atom is -0.490 e. The summed E-state index contributed by atoms with van der Waals surface area (Å²) in [4.78, 5) is 4.06.